The molecule has 0 bridgehead atoms. The smallest absolute Gasteiger partial charge is 0.00944 e. The van der Waals surface area contributed by atoms with Crippen LogP contribution in [-0.4, -0.2) is 50.1 Å². The Bertz CT molecular complexity index is 542. The summed E-state index contributed by atoms with van der Waals surface area (Å²) in [4.78, 5) is 5.00. The fraction of sp³-hybridized carbons (Fsp3) is 1.00. The van der Waals surface area contributed by atoms with Crippen molar-refractivity contribution in [2.24, 2.45) is 40.4 Å². The first-order valence-corrected chi connectivity index (χ1v) is 12.0. The van der Waals surface area contributed by atoms with Crippen molar-refractivity contribution in [3.63, 3.8) is 0 Å². The Morgan fingerprint density at radius 3 is 2.11 bits per heavy atom. The maximum absolute atomic E-state index is 2.72. The van der Waals surface area contributed by atoms with E-state index in [9.17, 15) is 0 Å². The van der Waals surface area contributed by atoms with E-state index >= 15 is 0 Å². The Kier molecular flexibility index (Phi) is 5.25. The highest BCUT2D eigenvalue weighted by Gasteiger charge is 2.60. The summed E-state index contributed by atoms with van der Waals surface area (Å²) < 4.78 is 0. The van der Waals surface area contributed by atoms with Crippen LogP contribution < -0.4 is 0 Å². The molecule has 0 spiro atoms. The van der Waals surface area contributed by atoms with Crippen molar-refractivity contribution in [1.82, 2.24) is 9.80 Å². The largest absolute Gasteiger partial charge is 0.306 e. The Hall–Kier alpha value is -0.0800. The number of nitrogens with zero attached hydrogens (tertiary/aromatic N) is 2. The van der Waals surface area contributed by atoms with Gasteiger partial charge in [0.1, 0.15) is 0 Å². The lowest BCUT2D eigenvalue weighted by Gasteiger charge is -2.62. The van der Waals surface area contributed by atoms with Gasteiger partial charge in [0.2, 0.25) is 0 Å². The zero-order chi connectivity index (χ0) is 19.6. The molecule has 0 heterocycles. The van der Waals surface area contributed by atoms with Crippen molar-refractivity contribution in [3.8, 4) is 0 Å². The summed E-state index contributed by atoms with van der Waals surface area (Å²) in [5.41, 5.74) is 1.25. The molecular formula is C25H46N2. The van der Waals surface area contributed by atoms with Crippen LogP contribution in [0.15, 0.2) is 0 Å². The van der Waals surface area contributed by atoms with Gasteiger partial charge >= 0.3 is 0 Å². The highest BCUT2D eigenvalue weighted by Crippen LogP contribution is 2.68. The molecule has 0 aromatic carbocycles. The fourth-order valence-electron chi connectivity index (χ4n) is 8.90. The summed E-state index contributed by atoms with van der Waals surface area (Å²) in [5.74, 6) is 4.95. The molecule has 0 aliphatic heterocycles. The molecular weight excluding hydrogens is 328 g/mol. The van der Waals surface area contributed by atoms with Crippen molar-refractivity contribution < 1.29 is 0 Å². The lowest BCUT2D eigenvalue weighted by atomic mass is 9.44. The molecule has 156 valence electrons. The second-order valence-corrected chi connectivity index (χ2v) is 12.0. The van der Waals surface area contributed by atoms with Gasteiger partial charge < -0.3 is 9.80 Å². The van der Waals surface area contributed by atoms with E-state index in [0.717, 1.165) is 41.7 Å². The summed E-state index contributed by atoms with van der Waals surface area (Å²) in [5, 5.41) is 0. The van der Waals surface area contributed by atoms with Crippen molar-refractivity contribution in [2.75, 3.05) is 28.2 Å². The maximum atomic E-state index is 2.72. The lowest BCUT2D eigenvalue weighted by molar-refractivity contribution is -0.122. The van der Waals surface area contributed by atoms with Gasteiger partial charge in [-0.3, -0.25) is 0 Å². The molecule has 0 amide bonds. The Morgan fingerprint density at radius 1 is 0.778 bits per heavy atom. The maximum Gasteiger partial charge on any atom is 0.00944 e. The Balaban J connectivity index is 1.54. The van der Waals surface area contributed by atoms with E-state index in [4.69, 9.17) is 0 Å². The number of hydrogen-bond acceptors (Lipinski definition) is 2. The zero-order valence-electron chi connectivity index (χ0n) is 19.3. The van der Waals surface area contributed by atoms with E-state index < -0.39 is 0 Å². The average molecular weight is 375 g/mol. The second-order valence-electron chi connectivity index (χ2n) is 12.0. The summed E-state index contributed by atoms with van der Waals surface area (Å²) in [6.45, 7) is 7.91. The minimum Gasteiger partial charge on any atom is -0.306 e. The zero-order valence-corrected chi connectivity index (χ0v) is 19.3. The van der Waals surface area contributed by atoms with Crippen LogP contribution in [0.4, 0.5) is 0 Å². The van der Waals surface area contributed by atoms with Gasteiger partial charge in [0.05, 0.1) is 0 Å². The molecule has 4 saturated carbocycles. The van der Waals surface area contributed by atoms with Gasteiger partial charge in [-0.25, -0.2) is 0 Å². The molecule has 2 nitrogen and oxygen atoms in total. The topological polar surface area (TPSA) is 6.48 Å². The molecule has 0 radical (unpaired) electrons. The highest BCUT2D eigenvalue weighted by atomic mass is 15.1. The monoisotopic (exact) mass is 374 g/mol. The molecule has 4 fully saturated rings. The molecule has 9 atom stereocenters. The molecule has 4 rings (SSSR count). The lowest BCUT2D eigenvalue weighted by Crippen LogP contribution is -2.55. The third-order valence-corrected chi connectivity index (χ3v) is 10.8. The van der Waals surface area contributed by atoms with Crippen LogP contribution in [0.3, 0.4) is 0 Å². The van der Waals surface area contributed by atoms with Gasteiger partial charge in [0.15, 0.2) is 0 Å². The molecule has 6 unspecified atom stereocenters. The fourth-order valence-corrected chi connectivity index (χ4v) is 8.90. The minimum absolute atomic E-state index is 0.606. The van der Waals surface area contributed by atoms with Gasteiger partial charge in [-0.05, 0) is 133 Å². The molecule has 0 saturated heterocycles. The SMILES string of the molecule is CC(C1CCC2C3CCC4C[C@@H](N(C)C)CC[C@]4(C)C3CC[C@@]21C)N(C)C. The molecule has 0 aromatic heterocycles. The van der Waals surface area contributed by atoms with Crippen molar-refractivity contribution in [3.05, 3.63) is 0 Å². The van der Waals surface area contributed by atoms with Gasteiger partial charge in [-0.1, -0.05) is 13.8 Å². The van der Waals surface area contributed by atoms with Crippen LogP contribution in [0.5, 0.6) is 0 Å². The first-order chi connectivity index (χ1) is 12.7. The van der Waals surface area contributed by atoms with Crippen LogP contribution in [0.25, 0.3) is 0 Å². The first-order valence-electron chi connectivity index (χ1n) is 12.0. The molecule has 27 heavy (non-hydrogen) atoms. The van der Waals surface area contributed by atoms with Crippen LogP contribution in [0.2, 0.25) is 0 Å². The second kappa shape index (κ2) is 7.01. The third kappa shape index (κ3) is 3.03. The molecule has 0 aromatic rings. The summed E-state index contributed by atoms with van der Waals surface area (Å²) in [6.07, 6.45) is 13.5. The molecule has 4 aliphatic rings. The van der Waals surface area contributed by atoms with E-state index in [1.165, 1.54) is 57.8 Å². The van der Waals surface area contributed by atoms with Gasteiger partial charge in [-0.15, -0.1) is 0 Å². The van der Waals surface area contributed by atoms with E-state index in [1.807, 2.05) is 0 Å². The van der Waals surface area contributed by atoms with Crippen molar-refractivity contribution in [2.45, 2.75) is 90.6 Å². The normalized spacial score (nSPS) is 51.0. The van der Waals surface area contributed by atoms with Crippen molar-refractivity contribution in [1.29, 1.82) is 0 Å². The number of hydrogen-bond donors (Lipinski definition) is 0. The molecule has 0 N–H and O–H groups in total. The summed E-state index contributed by atoms with van der Waals surface area (Å²) >= 11 is 0. The van der Waals surface area contributed by atoms with Crippen LogP contribution in [-0.2, 0) is 0 Å². The standard InChI is InChI=1S/C25H46N2/c1-17(26(4)5)21-10-11-22-20-9-8-18-16-19(27(6)7)12-14-24(18,2)23(20)13-15-25(21,22)3/h17-23H,8-16H2,1-7H3/t17?,18?,19-,20?,21?,22?,23?,24-,25+/m0/s1. The average Bonchev–Trinajstić information content (AvgIpc) is 2.97. The summed E-state index contributed by atoms with van der Waals surface area (Å²) in [7, 11) is 9.19. The third-order valence-electron chi connectivity index (χ3n) is 10.8. The quantitative estimate of drug-likeness (QED) is 0.641. The molecule has 4 aliphatic carbocycles. The van der Waals surface area contributed by atoms with Crippen molar-refractivity contribution >= 4 is 0 Å². The summed E-state index contributed by atoms with van der Waals surface area (Å²) in [6, 6.07) is 1.57. The van der Waals surface area contributed by atoms with Gasteiger partial charge in [-0.2, -0.15) is 0 Å². The number of rotatable bonds is 3. The predicted molar refractivity (Wildman–Crippen MR) is 116 cm³/mol. The Labute approximate surface area is 169 Å². The van der Waals surface area contributed by atoms with Gasteiger partial charge in [0.25, 0.3) is 0 Å². The number of fused-ring (bicyclic) bond motifs is 5. The van der Waals surface area contributed by atoms with E-state index in [1.54, 1.807) is 0 Å². The van der Waals surface area contributed by atoms with Crippen LogP contribution >= 0.6 is 0 Å². The van der Waals surface area contributed by atoms with E-state index in [-0.39, 0.29) is 0 Å². The van der Waals surface area contributed by atoms with Gasteiger partial charge in [0, 0.05) is 12.1 Å². The predicted octanol–water partition coefficient (Wildman–Crippen LogP) is 5.53. The molecule has 2 heteroatoms. The van der Waals surface area contributed by atoms with Crippen LogP contribution in [0, 0.1) is 40.4 Å². The minimum atomic E-state index is 0.606. The van der Waals surface area contributed by atoms with Crippen LogP contribution in [0.1, 0.15) is 78.6 Å². The van der Waals surface area contributed by atoms with E-state index in [2.05, 4.69) is 58.8 Å². The first kappa shape index (κ1) is 20.2. The Morgan fingerprint density at radius 2 is 1.44 bits per heavy atom. The van der Waals surface area contributed by atoms with E-state index in [0.29, 0.717) is 10.8 Å². The highest BCUT2D eigenvalue weighted by molar-refractivity contribution is 5.10.